The van der Waals surface area contributed by atoms with Crippen molar-refractivity contribution in [1.82, 2.24) is 4.90 Å². The highest BCUT2D eigenvalue weighted by molar-refractivity contribution is 8.14. The highest BCUT2D eigenvalue weighted by atomic mass is 32.2. The smallest absolute Gasteiger partial charge is 0.269 e. The van der Waals surface area contributed by atoms with E-state index in [1.807, 2.05) is 11.8 Å². The average Bonchev–Trinajstić information content (AvgIpc) is 2.79. The number of amidine groups is 1. The second-order valence-corrected chi connectivity index (χ2v) is 5.16. The van der Waals surface area contributed by atoms with Gasteiger partial charge in [0, 0.05) is 24.4 Å². The van der Waals surface area contributed by atoms with E-state index in [1.54, 1.807) is 17.8 Å². The molecule has 1 aromatic carbocycles. The standard InChI is InChI=1S/C13H13N3O2S/c1-3-6-15-7-8-19-13(15)14-12-5-4-11(16(17)18)9-10(12)2/h1,4-5,9H,6-8H2,2H3/b14-13-. The molecule has 0 saturated carbocycles. The van der Waals surface area contributed by atoms with E-state index in [4.69, 9.17) is 6.42 Å². The number of thioether (sulfide) groups is 1. The molecule has 0 unspecified atom stereocenters. The third-order valence-corrected chi connectivity index (χ3v) is 3.75. The number of terminal acetylenes is 1. The second-order valence-electron chi connectivity index (χ2n) is 4.10. The van der Waals surface area contributed by atoms with Gasteiger partial charge in [-0.1, -0.05) is 17.7 Å². The van der Waals surface area contributed by atoms with Gasteiger partial charge in [-0.05, 0) is 18.6 Å². The Morgan fingerprint density at radius 3 is 3.05 bits per heavy atom. The molecule has 98 valence electrons. The second kappa shape index (κ2) is 5.76. The summed E-state index contributed by atoms with van der Waals surface area (Å²) >= 11 is 1.65. The van der Waals surface area contributed by atoms with Gasteiger partial charge in [0.2, 0.25) is 0 Å². The van der Waals surface area contributed by atoms with Gasteiger partial charge in [0.05, 0.1) is 17.2 Å². The molecule has 1 saturated heterocycles. The van der Waals surface area contributed by atoms with E-state index < -0.39 is 4.92 Å². The molecule has 1 aromatic rings. The topological polar surface area (TPSA) is 58.7 Å². The molecule has 2 rings (SSSR count). The fourth-order valence-corrected chi connectivity index (χ4v) is 2.77. The van der Waals surface area contributed by atoms with Crippen LogP contribution in [0.5, 0.6) is 0 Å². The lowest BCUT2D eigenvalue weighted by atomic mass is 10.2. The minimum Gasteiger partial charge on any atom is -0.339 e. The van der Waals surface area contributed by atoms with E-state index in [1.165, 1.54) is 12.1 Å². The summed E-state index contributed by atoms with van der Waals surface area (Å²) in [5.74, 6) is 3.57. The first-order valence-electron chi connectivity index (χ1n) is 5.77. The minimum absolute atomic E-state index is 0.0843. The van der Waals surface area contributed by atoms with Crippen LogP contribution in [0.25, 0.3) is 0 Å². The summed E-state index contributed by atoms with van der Waals surface area (Å²) in [7, 11) is 0. The lowest BCUT2D eigenvalue weighted by Gasteiger charge is -2.14. The molecular weight excluding hydrogens is 262 g/mol. The molecular formula is C13H13N3O2S. The van der Waals surface area contributed by atoms with Gasteiger partial charge in [-0.2, -0.15) is 0 Å². The van der Waals surface area contributed by atoms with E-state index >= 15 is 0 Å². The van der Waals surface area contributed by atoms with Gasteiger partial charge in [-0.15, -0.1) is 6.42 Å². The van der Waals surface area contributed by atoms with E-state index in [-0.39, 0.29) is 5.69 Å². The molecule has 1 heterocycles. The number of hydrogen-bond acceptors (Lipinski definition) is 4. The van der Waals surface area contributed by atoms with Crippen molar-refractivity contribution in [3.63, 3.8) is 0 Å². The number of non-ortho nitro benzene ring substituents is 1. The normalized spacial score (nSPS) is 16.6. The monoisotopic (exact) mass is 275 g/mol. The lowest BCUT2D eigenvalue weighted by molar-refractivity contribution is -0.384. The van der Waals surface area contributed by atoms with E-state index in [0.717, 1.165) is 28.7 Å². The molecule has 6 heteroatoms. The number of benzene rings is 1. The van der Waals surface area contributed by atoms with Crippen LogP contribution >= 0.6 is 11.8 Å². The number of nitro benzene ring substituents is 1. The van der Waals surface area contributed by atoms with Gasteiger partial charge in [-0.25, -0.2) is 4.99 Å². The van der Waals surface area contributed by atoms with Gasteiger partial charge in [0.15, 0.2) is 5.17 Å². The van der Waals surface area contributed by atoms with Gasteiger partial charge in [0.1, 0.15) is 0 Å². The molecule has 1 aliphatic rings. The molecule has 19 heavy (non-hydrogen) atoms. The van der Waals surface area contributed by atoms with Gasteiger partial charge < -0.3 is 4.90 Å². The number of hydrogen-bond donors (Lipinski definition) is 0. The summed E-state index contributed by atoms with van der Waals surface area (Å²) in [4.78, 5) is 16.9. The van der Waals surface area contributed by atoms with Crippen molar-refractivity contribution in [2.24, 2.45) is 4.99 Å². The van der Waals surface area contributed by atoms with Crippen LogP contribution < -0.4 is 0 Å². The zero-order valence-electron chi connectivity index (χ0n) is 10.5. The van der Waals surface area contributed by atoms with Gasteiger partial charge in [-0.3, -0.25) is 10.1 Å². The largest absolute Gasteiger partial charge is 0.339 e. The van der Waals surface area contributed by atoms with Crippen LogP contribution in [0.3, 0.4) is 0 Å². The summed E-state index contributed by atoms with van der Waals surface area (Å²) in [5, 5.41) is 11.6. The van der Waals surface area contributed by atoms with Crippen LogP contribution in [-0.4, -0.2) is 33.8 Å². The Bertz CT molecular complexity index is 578. The number of nitro groups is 1. The first kappa shape index (κ1) is 13.4. The van der Waals surface area contributed by atoms with E-state index in [0.29, 0.717) is 6.54 Å². The molecule has 5 nitrogen and oxygen atoms in total. The van der Waals surface area contributed by atoms with Crippen molar-refractivity contribution in [3.05, 3.63) is 33.9 Å². The van der Waals surface area contributed by atoms with Gasteiger partial charge in [0.25, 0.3) is 5.69 Å². The summed E-state index contributed by atoms with van der Waals surface area (Å²) in [6.07, 6.45) is 5.32. The molecule has 0 aliphatic carbocycles. The fraction of sp³-hybridized carbons (Fsp3) is 0.308. The molecule has 0 atom stereocenters. The molecule has 1 aliphatic heterocycles. The van der Waals surface area contributed by atoms with Crippen LogP contribution in [0.4, 0.5) is 11.4 Å². The molecule has 0 N–H and O–H groups in total. The highest BCUT2D eigenvalue weighted by Gasteiger charge is 2.19. The zero-order valence-corrected chi connectivity index (χ0v) is 11.3. The first-order valence-corrected chi connectivity index (χ1v) is 6.75. The quantitative estimate of drug-likeness (QED) is 0.483. The van der Waals surface area contributed by atoms with E-state index in [9.17, 15) is 10.1 Å². The molecule has 0 radical (unpaired) electrons. The summed E-state index contributed by atoms with van der Waals surface area (Å²) in [6, 6.07) is 4.68. The Morgan fingerprint density at radius 1 is 1.63 bits per heavy atom. The maximum Gasteiger partial charge on any atom is 0.269 e. The van der Waals surface area contributed by atoms with Crippen LogP contribution in [0, 0.1) is 29.4 Å². The zero-order chi connectivity index (χ0) is 13.8. The van der Waals surface area contributed by atoms with Crippen molar-refractivity contribution in [3.8, 4) is 12.3 Å². The van der Waals surface area contributed by atoms with Crippen molar-refractivity contribution < 1.29 is 4.92 Å². The molecule has 1 fully saturated rings. The molecule has 0 aromatic heterocycles. The fourth-order valence-electron chi connectivity index (χ4n) is 1.78. The van der Waals surface area contributed by atoms with Crippen molar-refractivity contribution >= 4 is 28.3 Å². The maximum atomic E-state index is 10.7. The Labute approximate surface area is 115 Å². The Hall–Kier alpha value is -2.00. The maximum absolute atomic E-state index is 10.7. The van der Waals surface area contributed by atoms with Crippen LogP contribution in [0.15, 0.2) is 23.2 Å². The summed E-state index contributed by atoms with van der Waals surface area (Å²) in [5.41, 5.74) is 1.62. The SMILES string of the molecule is C#CCN1CCS/C1=N\c1ccc([N+](=O)[O-])cc1C. The van der Waals surface area contributed by atoms with Crippen molar-refractivity contribution in [2.45, 2.75) is 6.92 Å². The number of aliphatic imine (C=N–C) groups is 1. The minimum atomic E-state index is -0.404. The predicted molar refractivity (Wildman–Crippen MR) is 77.8 cm³/mol. The predicted octanol–water partition coefficient (Wildman–Crippen LogP) is 2.57. The molecule has 0 bridgehead atoms. The number of rotatable bonds is 3. The van der Waals surface area contributed by atoms with E-state index in [2.05, 4.69) is 10.9 Å². The van der Waals surface area contributed by atoms with Crippen molar-refractivity contribution in [2.75, 3.05) is 18.8 Å². The molecule has 0 spiro atoms. The number of nitrogens with zero attached hydrogens (tertiary/aromatic N) is 3. The summed E-state index contributed by atoms with van der Waals surface area (Å²) in [6.45, 7) is 3.25. The van der Waals surface area contributed by atoms with Crippen LogP contribution in [0.2, 0.25) is 0 Å². The van der Waals surface area contributed by atoms with Gasteiger partial charge >= 0.3 is 0 Å². The third kappa shape index (κ3) is 3.06. The Kier molecular flexibility index (Phi) is 4.07. The highest BCUT2D eigenvalue weighted by Crippen LogP contribution is 2.27. The Morgan fingerprint density at radius 2 is 2.42 bits per heavy atom. The summed E-state index contributed by atoms with van der Waals surface area (Å²) < 4.78 is 0. The third-order valence-electron chi connectivity index (χ3n) is 2.75. The molecule has 0 amide bonds. The first-order chi connectivity index (χ1) is 9.11. The van der Waals surface area contributed by atoms with Crippen molar-refractivity contribution in [1.29, 1.82) is 0 Å². The Balaban J connectivity index is 2.28. The van der Waals surface area contributed by atoms with Crippen LogP contribution in [-0.2, 0) is 0 Å². The van der Waals surface area contributed by atoms with Crippen LogP contribution in [0.1, 0.15) is 5.56 Å². The number of aryl methyl sites for hydroxylation is 1. The average molecular weight is 275 g/mol. The lowest BCUT2D eigenvalue weighted by Crippen LogP contribution is -2.24.